The van der Waals surface area contributed by atoms with Crippen molar-refractivity contribution in [3.05, 3.63) is 59.2 Å². The van der Waals surface area contributed by atoms with Gasteiger partial charge in [-0.25, -0.2) is 4.79 Å². The van der Waals surface area contributed by atoms with E-state index >= 15 is 0 Å². The highest BCUT2D eigenvalue weighted by atomic mass is 16.4. The Morgan fingerprint density at radius 3 is 2.40 bits per heavy atom. The molecule has 0 aliphatic rings. The van der Waals surface area contributed by atoms with Crippen LogP contribution in [0.1, 0.15) is 32.4 Å². The standard InChI is InChI=1S/C15H10O5/c1-8-2-3-10-9(6-8)7-13(19-10)14(16)11-4-5-12(20-11)15(17)18/h2-7H,1H3,(H,17,18). The van der Waals surface area contributed by atoms with Crippen LogP contribution in [0.4, 0.5) is 0 Å². The van der Waals surface area contributed by atoms with Crippen LogP contribution in [0.15, 0.2) is 45.2 Å². The van der Waals surface area contributed by atoms with Gasteiger partial charge >= 0.3 is 5.97 Å². The smallest absolute Gasteiger partial charge is 0.371 e. The van der Waals surface area contributed by atoms with Crippen LogP contribution < -0.4 is 0 Å². The van der Waals surface area contributed by atoms with Gasteiger partial charge in [-0.1, -0.05) is 11.6 Å². The van der Waals surface area contributed by atoms with Crippen LogP contribution in [0.2, 0.25) is 0 Å². The Bertz CT molecular complexity index is 822. The number of aromatic carboxylic acids is 1. The van der Waals surface area contributed by atoms with Gasteiger partial charge in [-0.3, -0.25) is 4.79 Å². The minimum Gasteiger partial charge on any atom is -0.475 e. The zero-order chi connectivity index (χ0) is 14.3. The number of hydrogen-bond donors (Lipinski definition) is 1. The Kier molecular flexibility index (Phi) is 2.68. The number of carbonyl (C=O) groups excluding carboxylic acids is 1. The molecule has 0 fully saturated rings. The van der Waals surface area contributed by atoms with Gasteiger partial charge in [-0.15, -0.1) is 0 Å². The summed E-state index contributed by atoms with van der Waals surface area (Å²) in [4.78, 5) is 22.9. The van der Waals surface area contributed by atoms with Crippen molar-refractivity contribution >= 4 is 22.7 Å². The number of hydrogen-bond acceptors (Lipinski definition) is 4. The average molecular weight is 270 g/mol. The van der Waals surface area contributed by atoms with Gasteiger partial charge in [0.25, 0.3) is 5.78 Å². The summed E-state index contributed by atoms with van der Waals surface area (Å²) in [5.41, 5.74) is 1.66. The van der Waals surface area contributed by atoms with Gasteiger partial charge in [0.2, 0.25) is 5.76 Å². The fourth-order valence-electron chi connectivity index (χ4n) is 1.97. The van der Waals surface area contributed by atoms with Gasteiger partial charge in [-0.2, -0.15) is 0 Å². The van der Waals surface area contributed by atoms with Crippen LogP contribution in [-0.2, 0) is 0 Å². The molecular formula is C15H10O5. The third kappa shape index (κ3) is 1.99. The Balaban J connectivity index is 2.00. The van der Waals surface area contributed by atoms with Gasteiger partial charge < -0.3 is 13.9 Å². The summed E-state index contributed by atoms with van der Waals surface area (Å²) in [6.45, 7) is 1.94. The second-order valence-corrected chi connectivity index (χ2v) is 4.45. The molecule has 0 spiro atoms. The van der Waals surface area contributed by atoms with Crippen molar-refractivity contribution in [2.45, 2.75) is 6.92 Å². The van der Waals surface area contributed by atoms with Crippen molar-refractivity contribution in [3.63, 3.8) is 0 Å². The third-order valence-corrected chi connectivity index (χ3v) is 2.94. The largest absolute Gasteiger partial charge is 0.475 e. The highest BCUT2D eigenvalue weighted by molar-refractivity contribution is 6.07. The predicted octanol–water partition coefficient (Wildman–Crippen LogP) is 3.26. The minimum absolute atomic E-state index is 0.0572. The van der Waals surface area contributed by atoms with Crippen LogP contribution in [0.25, 0.3) is 11.0 Å². The first kappa shape index (κ1) is 12.2. The zero-order valence-corrected chi connectivity index (χ0v) is 10.5. The number of ketones is 1. The molecule has 5 nitrogen and oxygen atoms in total. The maximum absolute atomic E-state index is 12.2. The molecule has 0 bridgehead atoms. The molecule has 0 aliphatic heterocycles. The Morgan fingerprint density at radius 1 is 0.950 bits per heavy atom. The maximum atomic E-state index is 12.2. The number of furan rings is 2. The molecule has 0 saturated carbocycles. The molecule has 0 saturated heterocycles. The van der Waals surface area contributed by atoms with Gasteiger partial charge in [0.1, 0.15) is 5.58 Å². The molecule has 2 aromatic heterocycles. The van der Waals surface area contributed by atoms with Crippen LogP contribution in [0, 0.1) is 6.92 Å². The highest BCUT2D eigenvalue weighted by Gasteiger charge is 2.20. The monoisotopic (exact) mass is 270 g/mol. The lowest BCUT2D eigenvalue weighted by Gasteiger charge is -1.91. The van der Waals surface area contributed by atoms with E-state index in [4.69, 9.17) is 13.9 Å². The molecule has 1 aromatic carbocycles. The Labute approximate surface area is 113 Å². The lowest BCUT2D eigenvalue weighted by molar-refractivity contribution is 0.0660. The van der Waals surface area contributed by atoms with E-state index in [9.17, 15) is 9.59 Å². The summed E-state index contributed by atoms with van der Waals surface area (Å²) in [6, 6.07) is 9.75. The lowest BCUT2D eigenvalue weighted by Crippen LogP contribution is -1.98. The number of benzene rings is 1. The Morgan fingerprint density at radius 2 is 1.70 bits per heavy atom. The Hall–Kier alpha value is -2.82. The van der Waals surface area contributed by atoms with Crippen molar-refractivity contribution in [3.8, 4) is 0 Å². The first-order valence-corrected chi connectivity index (χ1v) is 5.92. The van der Waals surface area contributed by atoms with Crippen molar-refractivity contribution in [1.29, 1.82) is 0 Å². The summed E-state index contributed by atoms with van der Waals surface area (Å²) in [5.74, 6) is -1.91. The molecule has 3 rings (SSSR count). The molecule has 0 aliphatic carbocycles. The molecule has 0 unspecified atom stereocenters. The maximum Gasteiger partial charge on any atom is 0.371 e. The number of fused-ring (bicyclic) bond motifs is 1. The summed E-state index contributed by atoms with van der Waals surface area (Å²) in [5, 5.41) is 9.58. The van der Waals surface area contributed by atoms with Gasteiger partial charge in [0.15, 0.2) is 11.5 Å². The molecular weight excluding hydrogens is 260 g/mol. The number of rotatable bonds is 3. The second kappa shape index (κ2) is 4.38. The first-order chi connectivity index (χ1) is 9.54. The summed E-state index contributed by atoms with van der Waals surface area (Å²) in [7, 11) is 0. The number of carbonyl (C=O) groups is 2. The summed E-state index contributed by atoms with van der Waals surface area (Å²) in [6.07, 6.45) is 0. The molecule has 2 heterocycles. The van der Waals surface area contributed by atoms with Crippen LogP contribution in [0.5, 0.6) is 0 Å². The fraction of sp³-hybridized carbons (Fsp3) is 0.0667. The third-order valence-electron chi connectivity index (χ3n) is 2.94. The van der Waals surface area contributed by atoms with E-state index in [-0.39, 0.29) is 17.3 Å². The zero-order valence-electron chi connectivity index (χ0n) is 10.5. The van der Waals surface area contributed by atoms with Gasteiger partial charge in [0.05, 0.1) is 0 Å². The molecule has 100 valence electrons. The SMILES string of the molecule is Cc1ccc2oc(C(=O)c3ccc(C(=O)O)o3)cc2c1. The normalized spacial score (nSPS) is 10.8. The number of carboxylic acid groups (broad SMARTS) is 1. The predicted molar refractivity (Wildman–Crippen MR) is 70.1 cm³/mol. The minimum atomic E-state index is -1.22. The van der Waals surface area contributed by atoms with E-state index < -0.39 is 11.8 Å². The number of carboxylic acids is 1. The first-order valence-electron chi connectivity index (χ1n) is 5.92. The molecule has 0 amide bonds. The average Bonchev–Trinajstić information content (AvgIpc) is 3.03. The lowest BCUT2D eigenvalue weighted by atomic mass is 10.1. The van der Waals surface area contributed by atoms with Crippen LogP contribution in [-0.4, -0.2) is 16.9 Å². The van der Waals surface area contributed by atoms with Crippen molar-refractivity contribution < 1.29 is 23.5 Å². The molecule has 3 aromatic rings. The summed E-state index contributed by atoms with van der Waals surface area (Å²) >= 11 is 0. The van der Waals surface area contributed by atoms with E-state index in [0.717, 1.165) is 10.9 Å². The van der Waals surface area contributed by atoms with Crippen molar-refractivity contribution in [2.24, 2.45) is 0 Å². The second-order valence-electron chi connectivity index (χ2n) is 4.45. The number of aryl methyl sites for hydroxylation is 1. The molecule has 0 radical (unpaired) electrons. The van der Waals surface area contributed by atoms with Crippen LogP contribution in [0.3, 0.4) is 0 Å². The topological polar surface area (TPSA) is 80.7 Å². The van der Waals surface area contributed by atoms with Crippen molar-refractivity contribution in [2.75, 3.05) is 0 Å². The molecule has 20 heavy (non-hydrogen) atoms. The van der Waals surface area contributed by atoms with Crippen molar-refractivity contribution in [1.82, 2.24) is 0 Å². The van der Waals surface area contributed by atoms with Gasteiger partial charge in [-0.05, 0) is 37.3 Å². The summed E-state index contributed by atoms with van der Waals surface area (Å²) < 4.78 is 10.4. The van der Waals surface area contributed by atoms with Crippen LogP contribution >= 0.6 is 0 Å². The van der Waals surface area contributed by atoms with E-state index in [2.05, 4.69) is 0 Å². The highest BCUT2D eigenvalue weighted by Crippen LogP contribution is 2.23. The molecule has 0 atom stereocenters. The van der Waals surface area contributed by atoms with E-state index in [1.165, 1.54) is 12.1 Å². The van der Waals surface area contributed by atoms with E-state index in [1.807, 2.05) is 19.1 Å². The van der Waals surface area contributed by atoms with Gasteiger partial charge in [0, 0.05) is 5.39 Å². The quantitative estimate of drug-likeness (QED) is 0.739. The molecule has 5 heteroatoms. The fourth-order valence-corrected chi connectivity index (χ4v) is 1.97. The van der Waals surface area contributed by atoms with E-state index in [1.54, 1.807) is 12.1 Å². The van der Waals surface area contributed by atoms with E-state index in [0.29, 0.717) is 5.58 Å². The molecule has 1 N–H and O–H groups in total.